The van der Waals surface area contributed by atoms with Gasteiger partial charge in [-0.05, 0) is 36.3 Å². The summed E-state index contributed by atoms with van der Waals surface area (Å²) in [5.74, 6) is -0.863. The highest BCUT2D eigenvalue weighted by Crippen LogP contribution is 2.34. The van der Waals surface area contributed by atoms with Crippen molar-refractivity contribution in [1.82, 2.24) is 0 Å². The van der Waals surface area contributed by atoms with Crippen LogP contribution in [0, 0.1) is 11.3 Å². The highest BCUT2D eigenvalue weighted by atomic mass is 19.1. The molecular formula is C16H10FNO2. The molecule has 0 saturated carbocycles. The SMILES string of the molecule is N#CC1=CC(=CC2OC(=O)c3ccccc32)CC=C1F. The van der Waals surface area contributed by atoms with Gasteiger partial charge in [-0.2, -0.15) is 5.26 Å². The van der Waals surface area contributed by atoms with Crippen molar-refractivity contribution in [2.24, 2.45) is 0 Å². The minimum Gasteiger partial charge on any atom is -0.450 e. The van der Waals surface area contributed by atoms with Crippen LogP contribution in [0.5, 0.6) is 0 Å². The van der Waals surface area contributed by atoms with Crippen molar-refractivity contribution in [3.63, 3.8) is 0 Å². The molecule has 1 aliphatic heterocycles. The number of hydrogen-bond donors (Lipinski definition) is 0. The van der Waals surface area contributed by atoms with E-state index in [9.17, 15) is 9.18 Å². The van der Waals surface area contributed by atoms with E-state index in [1.165, 1.54) is 12.2 Å². The summed E-state index contributed by atoms with van der Waals surface area (Å²) < 4.78 is 18.6. The van der Waals surface area contributed by atoms with Crippen LogP contribution in [0.3, 0.4) is 0 Å². The first-order chi connectivity index (χ1) is 9.69. The molecule has 0 N–H and O–H groups in total. The maximum atomic E-state index is 13.3. The molecule has 0 spiro atoms. The third-order valence-electron chi connectivity index (χ3n) is 3.31. The Kier molecular flexibility index (Phi) is 2.96. The van der Waals surface area contributed by atoms with Gasteiger partial charge < -0.3 is 4.74 Å². The largest absolute Gasteiger partial charge is 0.450 e. The first kappa shape index (κ1) is 12.4. The van der Waals surface area contributed by atoms with Gasteiger partial charge in [-0.1, -0.05) is 18.2 Å². The highest BCUT2D eigenvalue weighted by molar-refractivity contribution is 5.94. The average Bonchev–Trinajstić information content (AvgIpc) is 2.78. The number of ether oxygens (including phenoxy) is 1. The molecule has 0 aromatic heterocycles. The van der Waals surface area contributed by atoms with Crippen molar-refractivity contribution in [1.29, 1.82) is 5.26 Å². The first-order valence-corrected chi connectivity index (χ1v) is 6.17. The molecular weight excluding hydrogens is 257 g/mol. The lowest BCUT2D eigenvalue weighted by Crippen LogP contribution is -1.98. The van der Waals surface area contributed by atoms with Crippen LogP contribution in [0.25, 0.3) is 0 Å². The third-order valence-corrected chi connectivity index (χ3v) is 3.31. The molecule has 3 nitrogen and oxygen atoms in total. The molecule has 1 atom stereocenters. The summed E-state index contributed by atoms with van der Waals surface area (Å²) in [6, 6.07) is 8.97. The predicted molar refractivity (Wildman–Crippen MR) is 70.2 cm³/mol. The molecule has 0 radical (unpaired) electrons. The van der Waals surface area contributed by atoms with Crippen molar-refractivity contribution in [2.45, 2.75) is 12.5 Å². The molecule has 0 bridgehead atoms. The lowest BCUT2D eigenvalue weighted by atomic mass is 9.97. The van der Waals surface area contributed by atoms with Crippen LogP contribution in [0.1, 0.15) is 28.4 Å². The summed E-state index contributed by atoms with van der Waals surface area (Å²) in [7, 11) is 0. The second-order valence-corrected chi connectivity index (χ2v) is 4.58. The summed E-state index contributed by atoms with van der Waals surface area (Å²) in [5.41, 5.74) is 2.11. The second kappa shape index (κ2) is 4.78. The number of esters is 1. The highest BCUT2D eigenvalue weighted by Gasteiger charge is 2.29. The second-order valence-electron chi connectivity index (χ2n) is 4.58. The summed E-state index contributed by atoms with van der Waals surface area (Å²) in [5, 5.41) is 8.83. The number of carbonyl (C=O) groups excluding carboxylic acids is 1. The van der Waals surface area contributed by atoms with Crippen molar-refractivity contribution in [2.75, 3.05) is 0 Å². The maximum absolute atomic E-state index is 13.3. The molecule has 1 heterocycles. The van der Waals surface area contributed by atoms with Gasteiger partial charge in [0.25, 0.3) is 0 Å². The van der Waals surface area contributed by atoms with Crippen molar-refractivity contribution in [3.05, 3.63) is 70.6 Å². The minimum absolute atomic E-state index is 0.000101. The Bertz CT molecular complexity index is 722. The molecule has 0 amide bonds. The van der Waals surface area contributed by atoms with Gasteiger partial charge in [-0.3, -0.25) is 0 Å². The van der Waals surface area contributed by atoms with E-state index < -0.39 is 11.9 Å². The number of nitriles is 1. The lowest BCUT2D eigenvalue weighted by molar-refractivity contribution is 0.0466. The van der Waals surface area contributed by atoms with E-state index in [0.717, 1.165) is 11.1 Å². The van der Waals surface area contributed by atoms with Crippen molar-refractivity contribution in [3.8, 4) is 6.07 Å². The van der Waals surface area contributed by atoms with Crippen LogP contribution < -0.4 is 0 Å². The van der Waals surface area contributed by atoms with Crippen LogP contribution in [-0.2, 0) is 4.74 Å². The normalized spacial score (nSPS) is 22.7. The molecule has 98 valence electrons. The lowest BCUT2D eigenvalue weighted by Gasteiger charge is -2.10. The number of benzene rings is 1. The number of hydrogen-bond acceptors (Lipinski definition) is 3. The van der Waals surface area contributed by atoms with E-state index in [0.29, 0.717) is 12.0 Å². The summed E-state index contributed by atoms with van der Waals surface area (Å²) in [4.78, 5) is 11.7. The summed E-state index contributed by atoms with van der Waals surface area (Å²) in [6.45, 7) is 0. The minimum atomic E-state index is -0.506. The quantitative estimate of drug-likeness (QED) is 0.731. The Morgan fingerprint density at radius 2 is 2.20 bits per heavy atom. The smallest absolute Gasteiger partial charge is 0.339 e. The van der Waals surface area contributed by atoms with Crippen LogP contribution in [0.4, 0.5) is 4.39 Å². The molecule has 2 aliphatic rings. The van der Waals surface area contributed by atoms with Gasteiger partial charge in [-0.25, -0.2) is 9.18 Å². The third kappa shape index (κ3) is 2.04. The van der Waals surface area contributed by atoms with Crippen LogP contribution in [0.15, 0.2) is 59.5 Å². The summed E-state index contributed by atoms with van der Waals surface area (Å²) in [6.07, 6.45) is 4.51. The average molecular weight is 267 g/mol. The number of cyclic esters (lactones) is 1. The molecule has 1 aliphatic carbocycles. The number of rotatable bonds is 1. The standard InChI is InChI=1S/C16H10FNO2/c17-14-6-5-10(7-11(14)9-18)8-15-12-3-1-2-4-13(12)16(19)20-15/h1-4,6-8,15H,5H2. The van der Waals surface area contributed by atoms with Gasteiger partial charge in [0, 0.05) is 5.56 Å². The van der Waals surface area contributed by atoms with E-state index in [-0.39, 0.29) is 11.5 Å². The zero-order chi connectivity index (χ0) is 14.1. The van der Waals surface area contributed by atoms with Crippen LogP contribution in [0.2, 0.25) is 0 Å². The van der Waals surface area contributed by atoms with Gasteiger partial charge in [0.05, 0.1) is 11.1 Å². The van der Waals surface area contributed by atoms with E-state index in [1.54, 1.807) is 24.3 Å². The molecule has 1 aromatic carbocycles. The van der Waals surface area contributed by atoms with Gasteiger partial charge in [0.2, 0.25) is 0 Å². The van der Waals surface area contributed by atoms with E-state index in [4.69, 9.17) is 10.00 Å². The molecule has 0 fully saturated rings. The maximum Gasteiger partial charge on any atom is 0.339 e. The number of carbonyl (C=O) groups is 1. The monoisotopic (exact) mass is 267 g/mol. The van der Waals surface area contributed by atoms with Crippen molar-refractivity contribution >= 4 is 5.97 Å². The van der Waals surface area contributed by atoms with Gasteiger partial charge in [-0.15, -0.1) is 0 Å². The fourth-order valence-corrected chi connectivity index (χ4v) is 2.32. The number of nitrogens with zero attached hydrogens (tertiary/aromatic N) is 1. The zero-order valence-corrected chi connectivity index (χ0v) is 10.5. The number of halogens is 1. The number of fused-ring (bicyclic) bond motifs is 1. The topological polar surface area (TPSA) is 50.1 Å². The van der Waals surface area contributed by atoms with E-state index in [1.807, 2.05) is 12.1 Å². The van der Waals surface area contributed by atoms with Gasteiger partial charge >= 0.3 is 5.97 Å². The Labute approximate surface area is 115 Å². The number of allylic oxidation sites excluding steroid dienone is 5. The fourth-order valence-electron chi connectivity index (χ4n) is 2.32. The Balaban J connectivity index is 1.94. The van der Waals surface area contributed by atoms with Gasteiger partial charge in [0.15, 0.2) is 0 Å². The Morgan fingerprint density at radius 3 is 3.00 bits per heavy atom. The molecule has 1 aromatic rings. The van der Waals surface area contributed by atoms with Crippen LogP contribution >= 0.6 is 0 Å². The first-order valence-electron chi connectivity index (χ1n) is 6.17. The summed E-state index contributed by atoms with van der Waals surface area (Å²) >= 11 is 0. The van der Waals surface area contributed by atoms with Gasteiger partial charge in [0.1, 0.15) is 18.0 Å². The van der Waals surface area contributed by atoms with E-state index >= 15 is 0 Å². The molecule has 20 heavy (non-hydrogen) atoms. The predicted octanol–water partition coefficient (Wildman–Crippen LogP) is 3.53. The van der Waals surface area contributed by atoms with Crippen LogP contribution in [-0.4, -0.2) is 5.97 Å². The fraction of sp³-hybridized carbons (Fsp3) is 0.125. The molecule has 1 unspecified atom stereocenters. The Morgan fingerprint density at radius 1 is 1.40 bits per heavy atom. The molecule has 3 rings (SSSR count). The molecule has 0 saturated heterocycles. The van der Waals surface area contributed by atoms with Crippen molar-refractivity contribution < 1.29 is 13.9 Å². The van der Waals surface area contributed by atoms with E-state index in [2.05, 4.69) is 0 Å². The molecule has 4 heteroatoms. The zero-order valence-electron chi connectivity index (χ0n) is 10.5. The Hall–Kier alpha value is -2.67.